The van der Waals surface area contributed by atoms with E-state index in [-0.39, 0.29) is 6.09 Å². The molecule has 0 aromatic heterocycles. The third kappa shape index (κ3) is 1.52. The van der Waals surface area contributed by atoms with Crippen molar-refractivity contribution in [3.05, 3.63) is 0 Å². The lowest BCUT2D eigenvalue weighted by atomic mass is 10.1. The summed E-state index contributed by atoms with van der Waals surface area (Å²) >= 11 is 2.31. The lowest BCUT2D eigenvalue weighted by Gasteiger charge is -2.40. The molecule has 0 spiro atoms. The first-order valence-electron chi connectivity index (χ1n) is 4.11. The minimum Gasteiger partial charge on any atom is -0.449 e. The van der Waals surface area contributed by atoms with Crippen LogP contribution in [0, 0.1) is 0 Å². The minimum absolute atomic E-state index is 0.129. The highest BCUT2D eigenvalue weighted by molar-refractivity contribution is 14.1. The Balaban J connectivity index is 2.04. The summed E-state index contributed by atoms with van der Waals surface area (Å²) in [6, 6.07) is 0.386. The second kappa shape index (κ2) is 3.37. The maximum absolute atomic E-state index is 11.2. The summed E-state index contributed by atoms with van der Waals surface area (Å²) in [6.07, 6.45) is 0.848. The molecule has 2 heterocycles. The lowest BCUT2D eigenvalue weighted by molar-refractivity contribution is 0.0259. The van der Waals surface area contributed by atoms with E-state index in [0.29, 0.717) is 12.6 Å². The van der Waals surface area contributed by atoms with E-state index >= 15 is 0 Å². The fourth-order valence-corrected chi connectivity index (χ4v) is 2.34. The summed E-state index contributed by atoms with van der Waals surface area (Å²) in [5.74, 6) is 0. The SMILES string of the molecule is O=C1OCCC2CN(I)CCN12. The van der Waals surface area contributed by atoms with E-state index in [9.17, 15) is 4.79 Å². The maximum Gasteiger partial charge on any atom is 0.410 e. The van der Waals surface area contributed by atoms with Gasteiger partial charge in [-0.05, 0) is 0 Å². The van der Waals surface area contributed by atoms with E-state index in [1.54, 1.807) is 0 Å². The molecule has 0 aromatic carbocycles. The van der Waals surface area contributed by atoms with Crippen LogP contribution in [0.2, 0.25) is 0 Å². The van der Waals surface area contributed by atoms with Crippen LogP contribution in [0.15, 0.2) is 0 Å². The van der Waals surface area contributed by atoms with Gasteiger partial charge < -0.3 is 9.64 Å². The van der Waals surface area contributed by atoms with Crippen molar-refractivity contribution in [3.8, 4) is 0 Å². The van der Waals surface area contributed by atoms with Gasteiger partial charge in [0.2, 0.25) is 0 Å². The number of fused-ring (bicyclic) bond motifs is 1. The molecule has 1 unspecified atom stereocenters. The first-order valence-corrected chi connectivity index (χ1v) is 5.08. The molecule has 2 aliphatic rings. The van der Waals surface area contributed by atoms with Gasteiger partial charge in [-0.2, -0.15) is 0 Å². The summed E-state index contributed by atoms with van der Waals surface area (Å²) in [7, 11) is 0. The van der Waals surface area contributed by atoms with E-state index < -0.39 is 0 Å². The molecule has 0 radical (unpaired) electrons. The smallest absolute Gasteiger partial charge is 0.410 e. The average Bonchev–Trinajstić information content (AvgIpc) is 2.04. The zero-order chi connectivity index (χ0) is 8.55. The van der Waals surface area contributed by atoms with Crippen LogP contribution in [0.4, 0.5) is 4.79 Å². The highest BCUT2D eigenvalue weighted by Gasteiger charge is 2.33. The van der Waals surface area contributed by atoms with Crippen molar-refractivity contribution < 1.29 is 9.53 Å². The molecule has 0 aliphatic carbocycles. The Morgan fingerprint density at radius 1 is 1.50 bits per heavy atom. The van der Waals surface area contributed by atoms with E-state index in [1.807, 2.05) is 4.90 Å². The molecule has 0 aromatic rings. The van der Waals surface area contributed by atoms with Gasteiger partial charge in [-0.25, -0.2) is 7.91 Å². The van der Waals surface area contributed by atoms with Crippen LogP contribution >= 0.6 is 22.9 Å². The Morgan fingerprint density at radius 2 is 2.33 bits per heavy atom. The Hall–Kier alpha value is -0.0400. The van der Waals surface area contributed by atoms with Gasteiger partial charge in [-0.15, -0.1) is 0 Å². The van der Waals surface area contributed by atoms with E-state index in [0.717, 1.165) is 26.1 Å². The van der Waals surface area contributed by atoms with Gasteiger partial charge in [-0.3, -0.25) is 0 Å². The van der Waals surface area contributed by atoms with Crippen LogP contribution in [0.25, 0.3) is 0 Å². The molecular weight excluding hydrogens is 271 g/mol. The summed E-state index contributed by atoms with van der Waals surface area (Å²) in [4.78, 5) is 13.1. The zero-order valence-corrected chi connectivity index (χ0v) is 8.86. The first kappa shape index (κ1) is 8.55. The number of ether oxygens (including phenoxy) is 1. The summed E-state index contributed by atoms with van der Waals surface area (Å²) in [6.45, 7) is 3.33. The molecule has 2 rings (SSSR count). The minimum atomic E-state index is -0.129. The predicted molar refractivity (Wildman–Crippen MR) is 52.1 cm³/mol. The number of halogens is 1. The Bertz CT molecular complexity index is 200. The molecule has 2 aliphatic heterocycles. The molecule has 68 valence electrons. The van der Waals surface area contributed by atoms with Crippen molar-refractivity contribution in [1.82, 2.24) is 8.01 Å². The normalized spacial score (nSPS) is 31.2. The van der Waals surface area contributed by atoms with Crippen molar-refractivity contribution in [2.24, 2.45) is 0 Å². The van der Waals surface area contributed by atoms with Crippen LogP contribution < -0.4 is 0 Å². The Morgan fingerprint density at radius 3 is 3.17 bits per heavy atom. The number of rotatable bonds is 0. The molecular formula is C7H11IN2O2. The number of piperazine rings is 1. The van der Waals surface area contributed by atoms with Gasteiger partial charge in [0, 0.05) is 48.9 Å². The van der Waals surface area contributed by atoms with Gasteiger partial charge in [0.1, 0.15) is 0 Å². The van der Waals surface area contributed by atoms with Crippen molar-refractivity contribution >= 4 is 29.0 Å². The number of amides is 1. The number of cyclic esters (lactones) is 1. The molecule has 2 saturated heterocycles. The average molecular weight is 282 g/mol. The molecule has 4 nitrogen and oxygen atoms in total. The highest BCUT2D eigenvalue weighted by Crippen LogP contribution is 2.20. The molecule has 1 amide bonds. The first-order chi connectivity index (χ1) is 5.77. The molecule has 0 N–H and O–H groups in total. The topological polar surface area (TPSA) is 32.8 Å². The number of carbonyl (C=O) groups excluding carboxylic acids is 1. The molecule has 0 bridgehead atoms. The zero-order valence-electron chi connectivity index (χ0n) is 6.70. The van der Waals surface area contributed by atoms with E-state index in [1.165, 1.54) is 0 Å². The van der Waals surface area contributed by atoms with Crippen molar-refractivity contribution in [2.45, 2.75) is 12.5 Å². The van der Waals surface area contributed by atoms with E-state index in [4.69, 9.17) is 4.74 Å². The van der Waals surface area contributed by atoms with Gasteiger partial charge in [0.05, 0.1) is 12.6 Å². The Labute approximate surface area is 85.3 Å². The summed E-state index contributed by atoms with van der Waals surface area (Å²) in [5.41, 5.74) is 0. The van der Waals surface area contributed by atoms with Crippen LogP contribution in [0.3, 0.4) is 0 Å². The van der Waals surface area contributed by atoms with Crippen molar-refractivity contribution in [1.29, 1.82) is 0 Å². The quantitative estimate of drug-likeness (QED) is 0.488. The third-order valence-electron chi connectivity index (χ3n) is 2.34. The number of nitrogens with zero attached hydrogens (tertiary/aromatic N) is 2. The number of carbonyl (C=O) groups is 1. The highest BCUT2D eigenvalue weighted by atomic mass is 127. The van der Waals surface area contributed by atoms with Crippen LogP contribution in [0.1, 0.15) is 6.42 Å². The molecule has 1 atom stereocenters. The van der Waals surface area contributed by atoms with Gasteiger partial charge in [-0.1, -0.05) is 0 Å². The van der Waals surface area contributed by atoms with Crippen LogP contribution in [-0.4, -0.2) is 46.4 Å². The maximum atomic E-state index is 11.2. The van der Waals surface area contributed by atoms with Gasteiger partial charge >= 0.3 is 6.09 Å². The molecule has 5 heteroatoms. The standard InChI is InChI=1S/C7H11IN2O2/c8-9-2-3-10-6(5-9)1-4-12-7(10)11/h6H,1-5H2. The molecule has 2 fully saturated rings. The third-order valence-corrected chi connectivity index (χ3v) is 3.22. The fraction of sp³-hybridized carbons (Fsp3) is 0.857. The second-order valence-corrected chi connectivity index (χ2v) is 4.48. The van der Waals surface area contributed by atoms with Gasteiger partial charge in [0.15, 0.2) is 0 Å². The summed E-state index contributed by atoms with van der Waals surface area (Å²) in [5, 5.41) is 0. The largest absolute Gasteiger partial charge is 0.449 e. The number of hydrogen-bond donors (Lipinski definition) is 0. The summed E-state index contributed by atoms with van der Waals surface area (Å²) < 4.78 is 7.18. The lowest BCUT2D eigenvalue weighted by Crippen LogP contribution is -2.55. The fourth-order valence-electron chi connectivity index (χ4n) is 1.67. The molecule has 0 saturated carbocycles. The van der Waals surface area contributed by atoms with E-state index in [2.05, 4.69) is 26.0 Å². The number of hydrogen-bond acceptors (Lipinski definition) is 3. The monoisotopic (exact) mass is 282 g/mol. The second-order valence-electron chi connectivity index (χ2n) is 3.12. The predicted octanol–water partition coefficient (Wildman–Crippen LogP) is 0.863. The Kier molecular flexibility index (Phi) is 2.40. The van der Waals surface area contributed by atoms with Crippen LogP contribution in [-0.2, 0) is 4.74 Å². The molecule has 12 heavy (non-hydrogen) atoms. The van der Waals surface area contributed by atoms with Crippen molar-refractivity contribution in [2.75, 3.05) is 26.2 Å². The van der Waals surface area contributed by atoms with Crippen LogP contribution in [0.5, 0.6) is 0 Å². The van der Waals surface area contributed by atoms with Crippen molar-refractivity contribution in [3.63, 3.8) is 0 Å². The van der Waals surface area contributed by atoms with Gasteiger partial charge in [0.25, 0.3) is 0 Å².